The molecule has 3 nitrogen and oxygen atoms in total. The molecule has 0 spiro atoms. The van der Waals surface area contributed by atoms with Gasteiger partial charge in [0.05, 0.1) is 5.38 Å². The molecule has 0 bridgehead atoms. The van der Waals surface area contributed by atoms with Gasteiger partial charge in [0.2, 0.25) is 5.91 Å². The summed E-state index contributed by atoms with van der Waals surface area (Å²) in [5.74, 6) is 0.0882. The third-order valence-corrected chi connectivity index (χ3v) is 3.79. The zero-order chi connectivity index (χ0) is 14.1. The van der Waals surface area contributed by atoms with E-state index >= 15 is 0 Å². The van der Waals surface area contributed by atoms with Gasteiger partial charge in [0, 0.05) is 24.3 Å². The number of nitrogens with two attached hydrogens (primary N) is 1. The van der Waals surface area contributed by atoms with Gasteiger partial charge >= 0.3 is 0 Å². The van der Waals surface area contributed by atoms with Gasteiger partial charge in [-0.25, -0.2) is 0 Å². The van der Waals surface area contributed by atoms with Crippen LogP contribution in [0.15, 0.2) is 48.5 Å². The molecule has 0 saturated carbocycles. The summed E-state index contributed by atoms with van der Waals surface area (Å²) >= 11 is 6.02. The first kappa shape index (κ1) is 13.0. The number of hydrogen-bond acceptors (Lipinski definition) is 2. The average molecular weight is 287 g/mol. The van der Waals surface area contributed by atoms with E-state index in [1.54, 1.807) is 4.90 Å². The minimum Gasteiger partial charge on any atom is -0.399 e. The van der Waals surface area contributed by atoms with Gasteiger partial charge in [-0.05, 0) is 35.4 Å². The van der Waals surface area contributed by atoms with Gasteiger partial charge in [0.1, 0.15) is 0 Å². The summed E-state index contributed by atoms with van der Waals surface area (Å²) in [6, 6.07) is 15.7. The third kappa shape index (κ3) is 2.49. The van der Waals surface area contributed by atoms with Crippen LogP contribution in [-0.4, -0.2) is 17.8 Å². The van der Waals surface area contributed by atoms with Gasteiger partial charge in [0.25, 0.3) is 0 Å². The Balaban J connectivity index is 1.84. The topological polar surface area (TPSA) is 46.3 Å². The summed E-state index contributed by atoms with van der Waals surface area (Å²) in [6.07, 6.45) is 0.418. The Kier molecular flexibility index (Phi) is 3.36. The lowest BCUT2D eigenvalue weighted by atomic mass is 10.0. The van der Waals surface area contributed by atoms with Gasteiger partial charge in [-0.1, -0.05) is 24.3 Å². The van der Waals surface area contributed by atoms with Crippen molar-refractivity contribution in [2.75, 3.05) is 17.2 Å². The number of benzene rings is 2. The predicted molar refractivity (Wildman–Crippen MR) is 82.9 cm³/mol. The van der Waals surface area contributed by atoms with Crippen LogP contribution in [0.1, 0.15) is 6.42 Å². The number of nitrogens with zero attached hydrogens (tertiary/aromatic N) is 1. The molecule has 1 aliphatic rings. The van der Waals surface area contributed by atoms with Crippen LogP contribution in [0.4, 0.5) is 11.4 Å². The van der Waals surface area contributed by atoms with Crippen LogP contribution >= 0.6 is 11.6 Å². The molecule has 1 heterocycles. The van der Waals surface area contributed by atoms with E-state index in [9.17, 15) is 4.79 Å². The van der Waals surface area contributed by atoms with E-state index in [0.29, 0.717) is 13.0 Å². The summed E-state index contributed by atoms with van der Waals surface area (Å²) in [7, 11) is 0. The number of anilines is 2. The van der Waals surface area contributed by atoms with Crippen molar-refractivity contribution in [1.82, 2.24) is 0 Å². The van der Waals surface area contributed by atoms with Crippen LogP contribution in [0.2, 0.25) is 0 Å². The summed E-state index contributed by atoms with van der Waals surface area (Å²) in [5, 5.41) is -0.0840. The van der Waals surface area contributed by atoms with Crippen molar-refractivity contribution in [3.8, 4) is 11.1 Å². The molecule has 1 aliphatic heterocycles. The minimum atomic E-state index is -0.0840. The Morgan fingerprint density at radius 2 is 1.55 bits per heavy atom. The van der Waals surface area contributed by atoms with E-state index in [1.807, 2.05) is 48.5 Å². The molecule has 2 aromatic rings. The summed E-state index contributed by atoms with van der Waals surface area (Å²) in [4.78, 5) is 13.5. The molecule has 1 unspecified atom stereocenters. The first-order chi connectivity index (χ1) is 9.63. The maximum Gasteiger partial charge on any atom is 0.228 e. The Hall–Kier alpha value is -2.00. The van der Waals surface area contributed by atoms with Gasteiger partial charge < -0.3 is 10.6 Å². The highest BCUT2D eigenvalue weighted by molar-refractivity contribution is 6.24. The van der Waals surface area contributed by atoms with Crippen molar-refractivity contribution in [3.63, 3.8) is 0 Å². The second kappa shape index (κ2) is 5.17. The summed E-state index contributed by atoms with van der Waals surface area (Å²) in [5.41, 5.74) is 9.54. The average Bonchev–Trinajstić information content (AvgIpc) is 2.79. The van der Waals surface area contributed by atoms with Gasteiger partial charge in [-0.3, -0.25) is 4.79 Å². The van der Waals surface area contributed by atoms with Gasteiger partial charge in [-0.2, -0.15) is 0 Å². The molecule has 0 aliphatic carbocycles. The fourth-order valence-electron chi connectivity index (χ4n) is 2.42. The smallest absolute Gasteiger partial charge is 0.228 e. The molecule has 102 valence electrons. The van der Waals surface area contributed by atoms with Crippen LogP contribution in [0.25, 0.3) is 11.1 Å². The molecule has 3 rings (SSSR count). The van der Waals surface area contributed by atoms with E-state index < -0.39 is 0 Å². The van der Waals surface area contributed by atoms with Crippen LogP contribution in [0.5, 0.6) is 0 Å². The van der Waals surface area contributed by atoms with E-state index in [1.165, 1.54) is 0 Å². The van der Waals surface area contributed by atoms with Gasteiger partial charge in [0.15, 0.2) is 0 Å². The van der Waals surface area contributed by atoms with E-state index in [0.717, 1.165) is 22.5 Å². The first-order valence-electron chi connectivity index (χ1n) is 6.54. The first-order valence-corrected chi connectivity index (χ1v) is 6.97. The summed E-state index contributed by atoms with van der Waals surface area (Å²) in [6.45, 7) is 0.585. The second-order valence-electron chi connectivity index (χ2n) is 4.97. The Labute approximate surface area is 123 Å². The third-order valence-electron chi connectivity index (χ3n) is 3.50. The lowest BCUT2D eigenvalue weighted by Gasteiger charge is -2.16. The fraction of sp³-hybridized carbons (Fsp3) is 0.188. The number of halogens is 1. The molecular weight excluding hydrogens is 272 g/mol. The van der Waals surface area contributed by atoms with Crippen molar-refractivity contribution in [1.29, 1.82) is 0 Å². The number of hydrogen-bond donors (Lipinski definition) is 1. The molecule has 2 aromatic carbocycles. The van der Waals surface area contributed by atoms with E-state index in [2.05, 4.69) is 0 Å². The Morgan fingerprint density at radius 1 is 1.00 bits per heavy atom. The zero-order valence-corrected chi connectivity index (χ0v) is 11.7. The highest BCUT2D eigenvalue weighted by Gasteiger charge is 2.28. The predicted octanol–water partition coefficient (Wildman–Crippen LogP) is 3.28. The van der Waals surface area contributed by atoms with Crippen LogP contribution in [0.3, 0.4) is 0 Å². The molecule has 1 fully saturated rings. The SMILES string of the molecule is Nc1ccc(-c2ccc(N3CC(Cl)CC3=O)cc2)cc1. The minimum absolute atomic E-state index is 0.0840. The number of nitrogen functional groups attached to an aromatic ring is 1. The number of carbonyl (C=O) groups excluding carboxylic acids is 1. The molecular formula is C16H15ClN2O. The monoisotopic (exact) mass is 286 g/mol. The maximum atomic E-state index is 11.8. The van der Waals surface area contributed by atoms with Crippen LogP contribution < -0.4 is 10.6 Å². The highest BCUT2D eigenvalue weighted by Crippen LogP contribution is 2.27. The number of alkyl halides is 1. The van der Waals surface area contributed by atoms with Gasteiger partial charge in [-0.15, -0.1) is 11.6 Å². The standard InChI is InChI=1S/C16H15ClN2O/c17-13-9-16(20)19(10-13)15-7-3-12(4-8-15)11-1-5-14(18)6-2-11/h1-8,13H,9-10,18H2. The molecule has 0 aromatic heterocycles. The van der Waals surface area contributed by atoms with E-state index in [-0.39, 0.29) is 11.3 Å². The maximum absolute atomic E-state index is 11.8. The summed E-state index contributed by atoms with van der Waals surface area (Å²) < 4.78 is 0. The molecule has 1 amide bonds. The van der Waals surface area contributed by atoms with Crippen molar-refractivity contribution < 1.29 is 4.79 Å². The Morgan fingerprint density at radius 3 is 2.05 bits per heavy atom. The number of amides is 1. The largest absolute Gasteiger partial charge is 0.399 e. The fourth-order valence-corrected chi connectivity index (χ4v) is 2.69. The molecule has 1 atom stereocenters. The zero-order valence-electron chi connectivity index (χ0n) is 10.9. The highest BCUT2D eigenvalue weighted by atomic mass is 35.5. The normalized spacial score (nSPS) is 18.6. The van der Waals surface area contributed by atoms with E-state index in [4.69, 9.17) is 17.3 Å². The quantitative estimate of drug-likeness (QED) is 0.680. The number of carbonyl (C=O) groups is 1. The number of rotatable bonds is 2. The van der Waals surface area contributed by atoms with Crippen molar-refractivity contribution >= 4 is 28.9 Å². The second-order valence-corrected chi connectivity index (χ2v) is 5.59. The molecule has 4 heteroatoms. The molecule has 2 N–H and O–H groups in total. The van der Waals surface area contributed by atoms with Crippen molar-refractivity contribution in [2.24, 2.45) is 0 Å². The Bertz CT molecular complexity index is 622. The lowest BCUT2D eigenvalue weighted by molar-refractivity contribution is -0.117. The van der Waals surface area contributed by atoms with Crippen LogP contribution in [-0.2, 0) is 4.79 Å². The van der Waals surface area contributed by atoms with Crippen molar-refractivity contribution in [2.45, 2.75) is 11.8 Å². The van der Waals surface area contributed by atoms with Crippen LogP contribution in [0, 0.1) is 0 Å². The molecule has 1 saturated heterocycles. The molecule has 20 heavy (non-hydrogen) atoms. The van der Waals surface area contributed by atoms with Crippen molar-refractivity contribution in [3.05, 3.63) is 48.5 Å². The molecule has 0 radical (unpaired) electrons. The lowest BCUT2D eigenvalue weighted by Crippen LogP contribution is -2.24.